The maximum atomic E-state index is 12.5. The van der Waals surface area contributed by atoms with E-state index in [1.165, 1.54) is 11.3 Å². The van der Waals surface area contributed by atoms with E-state index < -0.39 is 10.0 Å². The van der Waals surface area contributed by atoms with Gasteiger partial charge in [-0.1, -0.05) is 0 Å². The van der Waals surface area contributed by atoms with Gasteiger partial charge in [0.2, 0.25) is 0 Å². The van der Waals surface area contributed by atoms with Crippen LogP contribution in [0.25, 0.3) is 0 Å². The molecule has 2 atom stereocenters. The Balaban J connectivity index is 0.00000133. The highest BCUT2D eigenvalue weighted by Crippen LogP contribution is 2.33. The number of nitrogens with one attached hydrogen (secondary N) is 1. The number of hydrogen-bond acceptors (Lipinski definition) is 4. The maximum Gasteiger partial charge on any atom is 0.253 e. The van der Waals surface area contributed by atoms with E-state index in [4.69, 9.17) is 0 Å². The van der Waals surface area contributed by atoms with Crippen LogP contribution in [0.2, 0.25) is 0 Å². The van der Waals surface area contributed by atoms with Gasteiger partial charge in [0, 0.05) is 23.6 Å². The number of fused-ring (bicyclic) bond motifs is 1. The third kappa shape index (κ3) is 2.87. The molecular formula is C11H16BrClN2O2S2. The Bertz CT molecular complexity index is 549. The summed E-state index contributed by atoms with van der Waals surface area (Å²) in [6.45, 7) is 2.30. The number of rotatable bonds is 2. The van der Waals surface area contributed by atoms with Crippen molar-refractivity contribution in [3.63, 3.8) is 0 Å². The summed E-state index contributed by atoms with van der Waals surface area (Å²) in [4.78, 5) is 0. The van der Waals surface area contributed by atoms with Crippen molar-refractivity contribution in [1.82, 2.24) is 9.62 Å². The Morgan fingerprint density at radius 1 is 1.42 bits per heavy atom. The molecule has 0 saturated carbocycles. The monoisotopic (exact) mass is 386 g/mol. The van der Waals surface area contributed by atoms with E-state index in [1.54, 1.807) is 15.8 Å². The SMILES string of the molecule is Cl.O=S(=O)(c1sccc1Br)N1CCC2NCCC2C1. The standard InChI is InChI=1S/C11H15BrN2O2S2.ClH/c12-9-3-6-17-11(9)18(15,16)14-5-2-10-8(7-14)1-4-13-10;/h3,6,8,10,13H,1-2,4-5,7H2;1H. The van der Waals surface area contributed by atoms with Crippen LogP contribution in [-0.2, 0) is 10.0 Å². The van der Waals surface area contributed by atoms with Gasteiger partial charge in [0.05, 0.1) is 0 Å². The van der Waals surface area contributed by atoms with Crippen LogP contribution >= 0.6 is 39.7 Å². The van der Waals surface area contributed by atoms with Crippen LogP contribution < -0.4 is 5.32 Å². The fourth-order valence-corrected chi connectivity index (χ4v) is 6.77. The van der Waals surface area contributed by atoms with Crippen LogP contribution in [0.5, 0.6) is 0 Å². The van der Waals surface area contributed by atoms with Gasteiger partial charge in [-0.05, 0) is 52.7 Å². The second-order valence-corrected chi connectivity index (χ2v) is 8.72. The molecule has 0 spiro atoms. The van der Waals surface area contributed by atoms with Gasteiger partial charge < -0.3 is 5.32 Å². The van der Waals surface area contributed by atoms with Crippen LogP contribution in [0.4, 0.5) is 0 Å². The Hall–Kier alpha value is 0.340. The molecule has 2 aliphatic heterocycles. The fraction of sp³-hybridized carbons (Fsp3) is 0.636. The van der Waals surface area contributed by atoms with Crippen LogP contribution in [-0.4, -0.2) is 38.4 Å². The van der Waals surface area contributed by atoms with E-state index >= 15 is 0 Å². The molecule has 3 heterocycles. The van der Waals surface area contributed by atoms with Crippen LogP contribution in [0.1, 0.15) is 12.8 Å². The molecule has 2 saturated heterocycles. The van der Waals surface area contributed by atoms with Crippen molar-refractivity contribution in [3.8, 4) is 0 Å². The van der Waals surface area contributed by atoms with Crippen molar-refractivity contribution in [1.29, 1.82) is 0 Å². The largest absolute Gasteiger partial charge is 0.314 e. The molecule has 2 aliphatic rings. The van der Waals surface area contributed by atoms with Gasteiger partial charge in [-0.3, -0.25) is 0 Å². The molecule has 1 aromatic heterocycles. The van der Waals surface area contributed by atoms with Gasteiger partial charge in [-0.15, -0.1) is 23.7 Å². The molecule has 108 valence electrons. The lowest BCUT2D eigenvalue weighted by Gasteiger charge is -2.33. The van der Waals surface area contributed by atoms with Crippen molar-refractivity contribution in [2.24, 2.45) is 5.92 Å². The highest BCUT2D eigenvalue weighted by molar-refractivity contribution is 9.10. The highest BCUT2D eigenvalue weighted by Gasteiger charge is 2.38. The Kier molecular flexibility index (Phi) is 4.96. The Morgan fingerprint density at radius 2 is 2.21 bits per heavy atom. The second-order valence-electron chi connectivity index (χ2n) is 4.82. The summed E-state index contributed by atoms with van der Waals surface area (Å²) in [5.41, 5.74) is 0. The molecule has 0 bridgehead atoms. The first-order chi connectivity index (χ1) is 8.59. The van der Waals surface area contributed by atoms with Crippen molar-refractivity contribution >= 4 is 49.7 Å². The molecule has 2 fully saturated rings. The lowest BCUT2D eigenvalue weighted by Crippen LogP contribution is -2.46. The number of hydrogen-bond donors (Lipinski definition) is 1. The third-order valence-corrected chi connectivity index (χ3v) is 8.29. The zero-order chi connectivity index (χ0) is 12.8. The minimum absolute atomic E-state index is 0. The van der Waals surface area contributed by atoms with Crippen molar-refractivity contribution in [3.05, 3.63) is 15.9 Å². The molecule has 19 heavy (non-hydrogen) atoms. The fourth-order valence-electron chi connectivity index (χ4n) is 2.81. The van der Waals surface area contributed by atoms with E-state index in [2.05, 4.69) is 21.2 Å². The maximum absolute atomic E-state index is 12.5. The van der Waals surface area contributed by atoms with Crippen LogP contribution in [0, 0.1) is 5.92 Å². The summed E-state index contributed by atoms with van der Waals surface area (Å²) in [6, 6.07) is 2.31. The molecular weight excluding hydrogens is 372 g/mol. The minimum Gasteiger partial charge on any atom is -0.314 e. The molecule has 3 rings (SSSR count). The molecule has 0 aromatic carbocycles. The van der Waals surface area contributed by atoms with E-state index in [0.717, 1.165) is 19.4 Å². The summed E-state index contributed by atoms with van der Waals surface area (Å²) < 4.78 is 27.9. The van der Waals surface area contributed by atoms with Crippen LogP contribution in [0.15, 0.2) is 20.1 Å². The van der Waals surface area contributed by atoms with Gasteiger partial charge in [-0.2, -0.15) is 4.31 Å². The molecule has 1 N–H and O–H groups in total. The normalized spacial score (nSPS) is 27.8. The number of halogens is 2. The topological polar surface area (TPSA) is 49.4 Å². The molecule has 2 unspecified atom stereocenters. The van der Waals surface area contributed by atoms with E-state index in [-0.39, 0.29) is 12.4 Å². The van der Waals surface area contributed by atoms with E-state index in [0.29, 0.717) is 33.7 Å². The van der Waals surface area contributed by atoms with Crippen LogP contribution in [0.3, 0.4) is 0 Å². The van der Waals surface area contributed by atoms with Crippen molar-refractivity contribution in [2.45, 2.75) is 23.1 Å². The third-order valence-electron chi connectivity index (χ3n) is 3.78. The smallest absolute Gasteiger partial charge is 0.253 e. The zero-order valence-electron chi connectivity index (χ0n) is 10.2. The number of thiophene rings is 1. The number of nitrogens with zero attached hydrogens (tertiary/aromatic N) is 1. The first-order valence-electron chi connectivity index (χ1n) is 6.05. The van der Waals surface area contributed by atoms with Crippen molar-refractivity contribution < 1.29 is 8.42 Å². The zero-order valence-corrected chi connectivity index (χ0v) is 14.2. The second kappa shape index (κ2) is 5.99. The molecule has 0 amide bonds. The molecule has 8 heteroatoms. The van der Waals surface area contributed by atoms with Gasteiger partial charge in [-0.25, -0.2) is 8.42 Å². The average molecular weight is 388 g/mol. The molecule has 0 aliphatic carbocycles. The van der Waals surface area contributed by atoms with Gasteiger partial charge in [0.1, 0.15) is 4.21 Å². The van der Waals surface area contributed by atoms with Crippen molar-refractivity contribution in [2.75, 3.05) is 19.6 Å². The lowest BCUT2D eigenvalue weighted by molar-refractivity contribution is 0.247. The molecule has 1 aromatic rings. The van der Waals surface area contributed by atoms with E-state index in [9.17, 15) is 8.42 Å². The summed E-state index contributed by atoms with van der Waals surface area (Å²) in [7, 11) is -3.31. The molecule has 0 radical (unpaired) electrons. The van der Waals surface area contributed by atoms with Gasteiger partial charge in [0.25, 0.3) is 10.0 Å². The quantitative estimate of drug-likeness (QED) is 0.847. The van der Waals surface area contributed by atoms with Gasteiger partial charge in [0.15, 0.2) is 0 Å². The summed E-state index contributed by atoms with van der Waals surface area (Å²) in [5.74, 6) is 0.479. The van der Waals surface area contributed by atoms with E-state index in [1.807, 2.05) is 0 Å². The predicted octanol–water partition coefficient (Wildman–Crippen LogP) is 2.30. The summed E-state index contributed by atoms with van der Waals surface area (Å²) in [5, 5.41) is 5.25. The predicted molar refractivity (Wildman–Crippen MR) is 82.5 cm³/mol. The molecule has 4 nitrogen and oxygen atoms in total. The minimum atomic E-state index is -3.31. The summed E-state index contributed by atoms with van der Waals surface area (Å²) >= 11 is 4.60. The number of piperidine rings is 1. The highest BCUT2D eigenvalue weighted by atomic mass is 79.9. The van der Waals surface area contributed by atoms with Gasteiger partial charge >= 0.3 is 0 Å². The number of sulfonamides is 1. The first-order valence-corrected chi connectivity index (χ1v) is 9.17. The lowest BCUT2D eigenvalue weighted by atomic mass is 9.95. The average Bonchev–Trinajstić information content (AvgIpc) is 2.95. The Labute approximate surface area is 132 Å². The Morgan fingerprint density at radius 3 is 2.89 bits per heavy atom. The first kappa shape index (κ1) is 15.7. The summed E-state index contributed by atoms with van der Waals surface area (Å²) in [6.07, 6.45) is 2.01.